The molecule has 0 aromatic heterocycles. The Balaban J connectivity index is 0.000000251. The minimum absolute atomic E-state index is 0.278. The summed E-state index contributed by atoms with van der Waals surface area (Å²) in [5.41, 5.74) is 4.40. The smallest absolute Gasteiger partial charge is 0.308 e. The minimum Gasteiger partial charge on any atom is -0.427 e. The maximum absolute atomic E-state index is 10.7. The third-order valence-electron chi connectivity index (χ3n) is 2.98. The van der Waals surface area contributed by atoms with Crippen LogP contribution >= 0.6 is 15.9 Å². The Labute approximate surface area is 157 Å². The van der Waals surface area contributed by atoms with Crippen molar-refractivity contribution in [2.24, 2.45) is 0 Å². The van der Waals surface area contributed by atoms with E-state index in [2.05, 4.69) is 15.9 Å². The summed E-state index contributed by atoms with van der Waals surface area (Å²) in [6.07, 6.45) is 0. The van der Waals surface area contributed by atoms with E-state index in [1.807, 2.05) is 57.2 Å². The molecule has 0 atom stereocenters. The zero-order valence-electron chi connectivity index (χ0n) is 15.2. The van der Waals surface area contributed by atoms with Crippen LogP contribution in [0.25, 0.3) is 0 Å². The molecule has 0 spiro atoms. The predicted octanol–water partition coefficient (Wildman–Crippen LogP) is 5.04. The van der Waals surface area contributed by atoms with Gasteiger partial charge in [-0.1, -0.05) is 28.1 Å². The molecule has 0 unspecified atom stereocenters. The van der Waals surface area contributed by atoms with Gasteiger partial charge >= 0.3 is 11.9 Å². The summed E-state index contributed by atoms with van der Waals surface area (Å²) in [7, 11) is 0. The molecule has 0 fully saturated rings. The largest absolute Gasteiger partial charge is 0.427 e. The monoisotopic (exact) mass is 406 g/mol. The van der Waals surface area contributed by atoms with Crippen LogP contribution in [-0.2, 0) is 14.9 Å². The number of halogens is 1. The molecule has 25 heavy (non-hydrogen) atoms. The van der Waals surface area contributed by atoms with Crippen LogP contribution in [0.3, 0.4) is 0 Å². The normalized spacial score (nSPS) is 9.68. The number of carbonyl (C=O) groups excluding carboxylic acids is 2. The van der Waals surface area contributed by atoms with Crippen molar-refractivity contribution in [2.45, 2.75) is 39.9 Å². The molecule has 4 nitrogen and oxygen atoms in total. The van der Waals surface area contributed by atoms with Gasteiger partial charge in [0.25, 0.3) is 0 Å². The van der Waals surface area contributed by atoms with Gasteiger partial charge in [0.15, 0.2) is 0 Å². The highest BCUT2D eigenvalue weighted by atomic mass is 79.9. The van der Waals surface area contributed by atoms with Gasteiger partial charge in [-0.3, -0.25) is 9.59 Å². The molecule has 0 bridgehead atoms. The lowest BCUT2D eigenvalue weighted by Gasteiger charge is -2.04. The van der Waals surface area contributed by atoms with Crippen LogP contribution in [-0.4, -0.2) is 11.9 Å². The number of esters is 2. The molecule has 0 N–H and O–H groups in total. The summed E-state index contributed by atoms with van der Waals surface area (Å²) in [5.74, 6) is 0.674. The van der Waals surface area contributed by atoms with Crippen molar-refractivity contribution in [2.75, 3.05) is 0 Å². The number of ether oxygens (including phenoxy) is 2. The Kier molecular flexibility index (Phi) is 8.35. The molecule has 0 aliphatic rings. The van der Waals surface area contributed by atoms with Crippen LogP contribution < -0.4 is 9.47 Å². The van der Waals surface area contributed by atoms with Gasteiger partial charge in [0.2, 0.25) is 0 Å². The lowest BCUT2D eigenvalue weighted by molar-refractivity contribution is -0.132. The first-order valence-corrected chi connectivity index (χ1v) is 8.93. The van der Waals surface area contributed by atoms with Gasteiger partial charge < -0.3 is 9.47 Å². The highest BCUT2D eigenvalue weighted by Crippen LogP contribution is 2.19. The Hall–Kier alpha value is -2.14. The van der Waals surface area contributed by atoms with Crippen molar-refractivity contribution >= 4 is 27.9 Å². The van der Waals surface area contributed by atoms with E-state index in [1.165, 1.54) is 13.8 Å². The van der Waals surface area contributed by atoms with Crippen LogP contribution in [0.2, 0.25) is 0 Å². The predicted molar refractivity (Wildman–Crippen MR) is 102 cm³/mol. The van der Waals surface area contributed by atoms with Crippen molar-refractivity contribution in [3.05, 3.63) is 58.7 Å². The molecule has 134 valence electrons. The fraction of sp³-hybridized carbons (Fsp3) is 0.300. The van der Waals surface area contributed by atoms with E-state index in [-0.39, 0.29) is 11.9 Å². The summed E-state index contributed by atoms with van der Waals surface area (Å²) < 4.78 is 9.91. The Morgan fingerprint density at radius 1 is 0.760 bits per heavy atom. The molecule has 5 heteroatoms. The molecular formula is C20H23BrO4. The third kappa shape index (κ3) is 8.49. The second kappa shape index (κ2) is 9.99. The Morgan fingerprint density at radius 3 is 1.56 bits per heavy atom. The van der Waals surface area contributed by atoms with E-state index in [1.54, 1.807) is 0 Å². The first-order valence-electron chi connectivity index (χ1n) is 7.81. The second-order valence-corrected chi connectivity index (χ2v) is 6.36. The van der Waals surface area contributed by atoms with E-state index < -0.39 is 0 Å². The topological polar surface area (TPSA) is 52.6 Å². The summed E-state index contributed by atoms with van der Waals surface area (Å²) in [5, 5.41) is 0.767. The number of hydrogen-bond donors (Lipinski definition) is 0. The molecule has 0 saturated heterocycles. The molecule has 0 aliphatic heterocycles. The van der Waals surface area contributed by atoms with Crippen LogP contribution in [0.1, 0.15) is 36.1 Å². The molecule has 0 radical (unpaired) electrons. The average Bonchev–Trinajstić information content (AvgIpc) is 2.44. The quantitative estimate of drug-likeness (QED) is 0.406. The summed E-state index contributed by atoms with van der Waals surface area (Å²) in [6, 6.07) is 11.5. The molecule has 0 amide bonds. The van der Waals surface area contributed by atoms with Gasteiger partial charge in [-0.15, -0.1) is 0 Å². The number of hydrogen-bond acceptors (Lipinski definition) is 4. The van der Waals surface area contributed by atoms with E-state index in [9.17, 15) is 9.59 Å². The number of carbonyl (C=O) groups is 2. The van der Waals surface area contributed by atoms with Gasteiger partial charge in [-0.25, -0.2) is 0 Å². The minimum atomic E-state index is -0.286. The molecule has 0 heterocycles. The van der Waals surface area contributed by atoms with Crippen LogP contribution in [0.4, 0.5) is 0 Å². The number of alkyl halides is 1. The first kappa shape index (κ1) is 20.9. The van der Waals surface area contributed by atoms with Crippen molar-refractivity contribution in [3.63, 3.8) is 0 Å². The van der Waals surface area contributed by atoms with E-state index >= 15 is 0 Å². The third-order valence-corrected chi connectivity index (χ3v) is 3.63. The SMILES string of the molecule is CC(=O)Oc1cc(C)cc(C)c1.CC(=O)Oc1cc(C)cc(CBr)c1. The number of aryl methyl sites for hydroxylation is 3. The maximum Gasteiger partial charge on any atom is 0.308 e. The zero-order valence-corrected chi connectivity index (χ0v) is 16.8. The van der Waals surface area contributed by atoms with E-state index in [0.29, 0.717) is 11.5 Å². The van der Waals surface area contributed by atoms with Gasteiger partial charge in [-0.2, -0.15) is 0 Å². The number of benzene rings is 2. The number of rotatable bonds is 3. The highest BCUT2D eigenvalue weighted by Gasteiger charge is 2.01. The lowest BCUT2D eigenvalue weighted by atomic mass is 10.1. The molecule has 2 aromatic rings. The Bertz CT molecular complexity index is 733. The standard InChI is InChI=1S/C10H11BrO2.C10H12O2/c1-7-3-9(6-11)5-10(4-7)13-8(2)12;1-7-4-8(2)6-10(5-7)12-9(3)11/h3-5H,6H2,1-2H3;4-6H,1-3H3. The summed E-state index contributed by atoms with van der Waals surface area (Å²) in [6.45, 7) is 8.72. The molecular weight excluding hydrogens is 384 g/mol. The molecule has 0 saturated carbocycles. The van der Waals surface area contributed by atoms with Crippen LogP contribution in [0.15, 0.2) is 36.4 Å². The Morgan fingerprint density at radius 2 is 1.16 bits per heavy atom. The lowest BCUT2D eigenvalue weighted by Crippen LogP contribution is -2.01. The average molecular weight is 407 g/mol. The highest BCUT2D eigenvalue weighted by molar-refractivity contribution is 9.08. The van der Waals surface area contributed by atoms with Crippen molar-refractivity contribution in [3.8, 4) is 11.5 Å². The summed E-state index contributed by atoms with van der Waals surface area (Å²) in [4.78, 5) is 21.3. The molecule has 0 aliphatic carbocycles. The van der Waals surface area contributed by atoms with Crippen LogP contribution in [0.5, 0.6) is 11.5 Å². The van der Waals surface area contributed by atoms with E-state index in [0.717, 1.165) is 27.6 Å². The van der Waals surface area contributed by atoms with Gasteiger partial charge in [-0.05, 0) is 67.3 Å². The van der Waals surface area contributed by atoms with E-state index in [4.69, 9.17) is 9.47 Å². The van der Waals surface area contributed by atoms with Gasteiger partial charge in [0.05, 0.1) is 0 Å². The van der Waals surface area contributed by atoms with Gasteiger partial charge in [0, 0.05) is 19.2 Å². The fourth-order valence-electron chi connectivity index (χ4n) is 2.28. The molecule has 2 rings (SSSR count). The van der Waals surface area contributed by atoms with Crippen molar-refractivity contribution < 1.29 is 19.1 Å². The van der Waals surface area contributed by atoms with Crippen molar-refractivity contribution in [1.82, 2.24) is 0 Å². The van der Waals surface area contributed by atoms with Crippen LogP contribution in [0, 0.1) is 20.8 Å². The summed E-state index contributed by atoms with van der Waals surface area (Å²) >= 11 is 3.35. The fourth-order valence-corrected chi connectivity index (χ4v) is 2.61. The zero-order chi connectivity index (χ0) is 19.0. The van der Waals surface area contributed by atoms with Gasteiger partial charge in [0.1, 0.15) is 11.5 Å². The first-order chi connectivity index (χ1) is 11.7. The second-order valence-electron chi connectivity index (χ2n) is 5.80. The van der Waals surface area contributed by atoms with Crippen molar-refractivity contribution in [1.29, 1.82) is 0 Å². The maximum atomic E-state index is 10.7. The molecule has 2 aromatic carbocycles.